The first-order valence-corrected chi connectivity index (χ1v) is 9.38. The van der Waals surface area contributed by atoms with E-state index in [1.54, 1.807) is 4.90 Å². The predicted octanol–water partition coefficient (Wildman–Crippen LogP) is 4.81. The van der Waals surface area contributed by atoms with Crippen molar-refractivity contribution in [2.75, 3.05) is 0 Å². The van der Waals surface area contributed by atoms with Gasteiger partial charge in [-0.2, -0.15) is 0 Å². The standard InChI is InChI=1S/C20H29NO2/c22-19-17-14-10-11-15-18(17)20(23)21(19)16-12-8-6-4-2-1-3-5-7-9-13-16/h10-11,14-16,19,22H,1-9,12-13H2/t19-/m0/s1. The Morgan fingerprint density at radius 1 is 0.826 bits per heavy atom. The Hall–Kier alpha value is -1.35. The number of amides is 1. The molecule has 3 heteroatoms. The summed E-state index contributed by atoms with van der Waals surface area (Å²) in [5, 5.41) is 10.7. The molecule has 1 aliphatic carbocycles. The average Bonchev–Trinajstić information content (AvgIpc) is 2.81. The van der Waals surface area contributed by atoms with Crippen molar-refractivity contribution in [3.8, 4) is 0 Å². The lowest BCUT2D eigenvalue weighted by molar-refractivity contribution is -0.00776. The topological polar surface area (TPSA) is 40.5 Å². The fourth-order valence-corrected chi connectivity index (χ4v) is 4.10. The van der Waals surface area contributed by atoms with Crippen LogP contribution in [0.1, 0.15) is 92.8 Å². The highest BCUT2D eigenvalue weighted by molar-refractivity contribution is 5.99. The molecule has 2 aliphatic rings. The predicted molar refractivity (Wildman–Crippen MR) is 92.1 cm³/mol. The number of aliphatic hydroxyl groups is 1. The summed E-state index contributed by atoms with van der Waals surface area (Å²) in [7, 11) is 0. The Bertz CT molecular complexity index is 516. The van der Waals surface area contributed by atoms with Crippen molar-refractivity contribution in [2.24, 2.45) is 0 Å². The van der Waals surface area contributed by atoms with Crippen LogP contribution in [0.2, 0.25) is 0 Å². The Labute approximate surface area is 139 Å². The SMILES string of the molecule is O=C1c2ccccc2[C@H](O)N1C1CCCCCCCCCCC1. The lowest BCUT2D eigenvalue weighted by Gasteiger charge is -2.31. The molecule has 1 aliphatic heterocycles. The number of carbonyl (C=O) groups is 1. The lowest BCUT2D eigenvalue weighted by Crippen LogP contribution is -2.38. The molecular weight excluding hydrogens is 286 g/mol. The zero-order valence-corrected chi connectivity index (χ0v) is 14.0. The second kappa shape index (κ2) is 7.96. The third-order valence-corrected chi connectivity index (χ3v) is 5.44. The second-order valence-electron chi connectivity index (χ2n) is 7.09. The molecule has 3 nitrogen and oxygen atoms in total. The van der Waals surface area contributed by atoms with Crippen molar-refractivity contribution in [3.63, 3.8) is 0 Å². The average molecular weight is 315 g/mol. The van der Waals surface area contributed by atoms with E-state index >= 15 is 0 Å². The van der Waals surface area contributed by atoms with Crippen LogP contribution in [0.3, 0.4) is 0 Å². The first kappa shape index (κ1) is 16.5. The van der Waals surface area contributed by atoms with Crippen LogP contribution < -0.4 is 0 Å². The first-order chi connectivity index (χ1) is 11.3. The smallest absolute Gasteiger partial charge is 0.256 e. The minimum atomic E-state index is -0.753. The van der Waals surface area contributed by atoms with E-state index in [9.17, 15) is 9.90 Å². The molecule has 0 spiro atoms. The molecule has 1 aromatic rings. The highest BCUT2D eigenvalue weighted by Crippen LogP contribution is 2.36. The van der Waals surface area contributed by atoms with Crippen molar-refractivity contribution in [1.82, 2.24) is 4.90 Å². The van der Waals surface area contributed by atoms with E-state index in [4.69, 9.17) is 0 Å². The Morgan fingerprint density at radius 3 is 1.91 bits per heavy atom. The third kappa shape index (κ3) is 3.77. The fraction of sp³-hybridized carbons (Fsp3) is 0.650. The number of benzene rings is 1. The van der Waals surface area contributed by atoms with Crippen molar-refractivity contribution < 1.29 is 9.90 Å². The zero-order valence-electron chi connectivity index (χ0n) is 14.0. The van der Waals surface area contributed by atoms with E-state index in [2.05, 4.69) is 0 Å². The van der Waals surface area contributed by atoms with Gasteiger partial charge in [-0.15, -0.1) is 0 Å². The van der Waals surface area contributed by atoms with Crippen LogP contribution in [0.15, 0.2) is 24.3 Å². The van der Waals surface area contributed by atoms with Gasteiger partial charge >= 0.3 is 0 Å². The molecule has 0 bridgehead atoms. The van der Waals surface area contributed by atoms with Crippen LogP contribution in [0.4, 0.5) is 0 Å². The maximum atomic E-state index is 12.7. The molecule has 1 amide bonds. The molecule has 1 heterocycles. The Balaban J connectivity index is 1.71. The first-order valence-electron chi connectivity index (χ1n) is 9.38. The number of carbonyl (C=O) groups excluding carboxylic acids is 1. The van der Waals surface area contributed by atoms with Gasteiger partial charge in [0.1, 0.15) is 0 Å². The second-order valence-corrected chi connectivity index (χ2v) is 7.09. The summed E-state index contributed by atoms with van der Waals surface area (Å²) in [6.45, 7) is 0. The highest BCUT2D eigenvalue weighted by atomic mass is 16.3. The fourth-order valence-electron chi connectivity index (χ4n) is 4.10. The summed E-state index contributed by atoms with van der Waals surface area (Å²) in [6, 6.07) is 7.70. The van der Waals surface area contributed by atoms with E-state index in [1.807, 2.05) is 24.3 Å². The van der Waals surface area contributed by atoms with Gasteiger partial charge in [-0.05, 0) is 18.9 Å². The van der Waals surface area contributed by atoms with Gasteiger partial charge in [0.15, 0.2) is 6.23 Å². The van der Waals surface area contributed by atoms with Gasteiger partial charge in [-0.3, -0.25) is 4.79 Å². The molecule has 1 aromatic carbocycles. The molecule has 23 heavy (non-hydrogen) atoms. The van der Waals surface area contributed by atoms with E-state index < -0.39 is 6.23 Å². The maximum Gasteiger partial charge on any atom is 0.256 e. The maximum absolute atomic E-state index is 12.7. The molecule has 1 N–H and O–H groups in total. The van der Waals surface area contributed by atoms with E-state index in [-0.39, 0.29) is 11.9 Å². The largest absolute Gasteiger partial charge is 0.369 e. The molecule has 1 atom stereocenters. The van der Waals surface area contributed by atoms with Crippen LogP contribution in [-0.2, 0) is 0 Å². The van der Waals surface area contributed by atoms with Gasteiger partial charge < -0.3 is 10.0 Å². The monoisotopic (exact) mass is 315 g/mol. The van der Waals surface area contributed by atoms with E-state index in [0.29, 0.717) is 5.56 Å². The number of fused-ring (bicyclic) bond motifs is 1. The van der Waals surface area contributed by atoms with Gasteiger partial charge in [0.05, 0.1) is 0 Å². The molecule has 0 aromatic heterocycles. The summed E-state index contributed by atoms with van der Waals surface area (Å²) in [5.74, 6) is 0.0187. The molecule has 3 rings (SSSR count). The van der Waals surface area contributed by atoms with Crippen molar-refractivity contribution >= 4 is 5.91 Å². The molecule has 0 radical (unpaired) electrons. The number of aliphatic hydroxyl groups excluding tert-OH is 1. The quantitative estimate of drug-likeness (QED) is 0.808. The zero-order chi connectivity index (χ0) is 16.1. The van der Waals surface area contributed by atoms with Gasteiger partial charge in [0, 0.05) is 17.2 Å². The number of hydrogen-bond acceptors (Lipinski definition) is 2. The van der Waals surface area contributed by atoms with Crippen molar-refractivity contribution in [2.45, 2.75) is 82.9 Å². The summed E-state index contributed by atoms with van der Waals surface area (Å²) in [5.41, 5.74) is 1.47. The summed E-state index contributed by atoms with van der Waals surface area (Å²) < 4.78 is 0. The van der Waals surface area contributed by atoms with Crippen LogP contribution >= 0.6 is 0 Å². The van der Waals surface area contributed by atoms with Crippen molar-refractivity contribution in [3.05, 3.63) is 35.4 Å². The minimum Gasteiger partial charge on any atom is -0.369 e. The Morgan fingerprint density at radius 2 is 1.35 bits per heavy atom. The van der Waals surface area contributed by atoms with E-state index in [0.717, 1.165) is 31.2 Å². The number of hydrogen-bond donors (Lipinski definition) is 1. The molecule has 1 saturated carbocycles. The number of rotatable bonds is 1. The van der Waals surface area contributed by atoms with Crippen LogP contribution in [-0.4, -0.2) is 22.0 Å². The molecule has 126 valence electrons. The summed E-state index contributed by atoms with van der Waals surface area (Å²) >= 11 is 0. The van der Waals surface area contributed by atoms with Gasteiger partial charge in [0.25, 0.3) is 5.91 Å². The van der Waals surface area contributed by atoms with Gasteiger partial charge in [-0.25, -0.2) is 0 Å². The van der Waals surface area contributed by atoms with Crippen LogP contribution in [0, 0.1) is 0 Å². The van der Waals surface area contributed by atoms with Gasteiger partial charge in [-0.1, -0.05) is 76.0 Å². The van der Waals surface area contributed by atoms with Crippen molar-refractivity contribution in [1.29, 1.82) is 0 Å². The van der Waals surface area contributed by atoms with E-state index in [1.165, 1.54) is 44.9 Å². The molecule has 1 fully saturated rings. The Kier molecular flexibility index (Phi) is 5.71. The third-order valence-electron chi connectivity index (χ3n) is 5.44. The summed E-state index contributed by atoms with van der Waals surface area (Å²) in [6.07, 6.45) is 12.8. The van der Waals surface area contributed by atoms with Crippen LogP contribution in [0.5, 0.6) is 0 Å². The molecule has 0 unspecified atom stereocenters. The lowest BCUT2D eigenvalue weighted by atomic mass is 9.97. The normalized spacial score (nSPS) is 24.8. The molecule has 0 saturated heterocycles. The highest BCUT2D eigenvalue weighted by Gasteiger charge is 2.38. The minimum absolute atomic E-state index is 0.0187. The summed E-state index contributed by atoms with van der Waals surface area (Å²) in [4.78, 5) is 14.5. The van der Waals surface area contributed by atoms with Crippen LogP contribution in [0.25, 0.3) is 0 Å². The molecular formula is C20H29NO2. The number of nitrogens with zero attached hydrogens (tertiary/aromatic N) is 1. The van der Waals surface area contributed by atoms with Gasteiger partial charge in [0.2, 0.25) is 0 Å².